The van der Waals surface area contributed by atoms with Gasteiger partial charge in [0.15, 0.2) is 0 Å². The third-order valence-corrected chi connectivity index (χ3v) is 9.78. The summed E-state index contributed by atoms with van der Waals surface area (Å²) < 4.78 is 40.7. The predicted octanol–water partition coefficient (Wildman–Crippen LogP) is 2.76. The second kappa shape index (κ2) is 9.27. The standard InChI is InChI=1S/C21H34N2O4S2/c1-7-21(8-2)14-23(11-12-28(21)25)20(24)19(15(3)4)22-29(26,27)18-10-9-16(5)17(6)13-18/h9-10,13,15,19,22H,7-8,11-12,14H2,1-6H3/t19-,28-/m0/s1. The van der Waals surface area contributed by atoms with Crippen molar-refractivity contribution < 1.29 is 17.4 Å². The number of amides is 1. The van der Waals surface area contributed by atoms with Gasteiger partial charge in [-0.3, -0.25) is 9.00 Å². The first-order chi connectivity index (χ1) is 13.5. The molecular weight excluding hydrogens is 408 g/mol. The molecule has 1 amide bonds. The third-order valence-electron chi connectivity index (χ3n) is 6.11. The molecular formula is C21H34N2O4S2. The maximum Gasteiger partial charge on any atom is 0.241 e. The van der Waals surface area contributed by atoms with Crippen LogP contribution in [-0.2, 0) is 25.6 Å². The Balaban J connectivity index is 2.28. The minimum Gasteiger partial charge on any atom is -0.339 e. The van der Waals surface area contributed by atoms with Crippen LogP contribution in [0.25, 0.3) is 0 Å². The highest BCUT2D eigenvalue weighted by atomic mass is 32.2. The largest absolute Gasteiger partial charge is 0.339 e. The summed E-state index contributed by atoms with van der Waals surface area (Å²) in [5.74, 6) is -0.0217. The summed E-state index contributed by atoms with van der Waals surface area (Å²) >= 11 is 0. The summed E-state index contributed by atoms with van der Waals surface area (Å²) in [5, 5.41) is 0. The fourth-order valence-corrected chi connectivity index (χ4v) is 6.86. The molecule has 1 aromatic rings. The summed E-state index contributed by atoms with van der Waals surface area (Å²) in [6.07, 6.45) is 1.45. The molecule has 8 heteroatoms. The Labute approximate surface area is 178 Å². The van der Waals surface area contributed by atoms with Gasteiger partial charge in [-0.05, 0) is 55.9 Å². The Morgan fingerprint density at radius 1 is 1.21 bits per heavy atom. The number of hydrogen-bond acceptors (Lipinski definition) is 4. The Bertz CT molecular complexity index is 877. The number of sulfonamides is 1. The van der Waals surface area contributed by atoms with Crippen molar-refractivity contribution >= 4 is 26.7 Å². The third kappa shape index (κ3) is 5.09. The Morgan fingerprint density at radius 3 is 2.34 bits per heavy atom. The molecule has 1 aliphatic heterocycles. The molecule has 2 rings (SSSR count). The van der Waals surface area contributed by atoms with Crippen molar-refractivity contribution in [3.05, 3.63) is 29.3 Å². The van der Waals surface area contributed by atoms with Crippen LogP contribution in [0.15, 0.2) is 23.1 Å². The van der Waals surface area contributed by atoms with Gasteiger partial charge >= 0.3 is 0 Å². The van der Waals surface area contributed by atoms with Crippen LogP contribution in [0.2, 0.25) is 0 Å². The number of carbonyl (C=O) groups is 1. The van der Waals surface area contributed by atoms with Crippen molar-refractivity contribution in [2.75, 3.05) is 18.8 Å². The number of rotatable bonds is 7. The van der Waals surface area contributed by atoms with E-state index in [1.807, 2.05) is 41.5 Å². The maximum absolute atomic E-state index is 13.3. The SMILES string of the molecule is CCC1(CC)CN(C(=O)[C@@H](NS(=O)(=O)c2ccc(C)c(C)c2)C(C)C)CC[S@@]1=O. The molecule has 0 spiro atoms. The molecule has 1 fully saturated rings. The smallest absolute Gasteiger partial charge is 0.241 e. The zero-order chi connectivity index (χ0) is 22.0. The van der Waals surface area contributed by atoms with E-state index in [0.29, 0.717) is 18.8 Å². The quantitative estimate of drug-likeness (QED) is 0.704. The monoisotopic (exact) mass is 442 g/mol. The molecule has 1 aliphatic rings. The summed E-state index contributed by atoms with van der Waals surface area (Å²) in [4.78, 5) is 15.2. The molecule has 0 bridgehead atoms. The van der Waals surface area contributed by atoms with Gasteiger partial charge in [0.25, 0.3) is 0 Å². The Kier molecular flexibility index (Phi) is 7.68. The van der Waals surface area contributed by atoms with E-state index in [9.17, 15) is 17.4 Å². The molecule has 0 saturated carbocycles. The van der Waals surface area contributed by atoms with E-state index in [0.717, 1.165) is 24.0 Å². The normalized spacial score (nSPS) is 20.7. The van der Waals surface area contributed by atoms with E-state index < -0.39 is 31.6 Å². The van der Waals surface area contributed by atoms with Crippen LogP contribution in [0.4, 0.5) is 0 Å². The van der Waals surface area contributed by atoms with Gasteiger partial charge in [-0.25, -0.2) is 8.42 Å². The van der Waals surface area contributed by atoms with Crippen LogP contribution in [0.3, 0.4) is 0 Å². The molecule has 2 atom stereocenters. The van der Waals surface area contributed by atoms with Crippen LogP contribution in [-0.4, -0.2) is 53.1 Å². The molecule has 0 aromatic heterocycles. The number of hydrogen-bond donors (Lipinski definition) is 1. The molecule has 6 nitrogen and oxygen atoms in total. The molecule has 1 N–H and O–H groups in total. The maximum atomic E-state index is 13.3. The number of benzene rings is 1. The number of nitrogens with zero attached hydrogens (tertiary/aromatic N) is 1. The Hall–Kier alpha value is -1.25. The van der Waals surface area contributed by atoms with E-state index in [-0.39, 0.29) is 16.7 Å². The topological polar surface area (TPSA) is 83.6 Å². The second-order valence-corrected chi connectivity index (χ2v) is 12.0. The van der Waals surface area contributed by atoms with Crippen LogP contribution >= 0.6 is 0 Å². The first-order valence-electron chi connectivity index (χ1n) is 10.2. The zero-order valence-electron chi connectivity index (χ0n) is 18.3. The number of aryl methyl sites for hydroxylation is 2. The fraction of sp³-hybridized carbons (Fsp3) is 0.667. The summed E-state index contributed by atoms with van der Waals surface area (Å²) in [7, 11) is -4.82. The highest BCUT2D eigenvalue weighted by Gasteiger charge is 2.42. The first kappa shape index (κ1) is 24.0. The predicted molar refractivity (Wildman–Crippen MR) is 118 cm³/mol. The van der Waals surface area contributed by atoms with Gasteiger partial charge in [0, 0.05) is 29.6 Å². The molecule has 0 unspecified atom stereocenters. The minimum absolute atomic E-state index is 0.162. The number of carbonyl (C=O) groups excluding carboxylic acids is 1. The van der Waals surface area contributed by atoms with Gasteiger partial charge in [0.2, 0.25) is 15.9 Å². The van der Waals surface area contributed by atoms with E-state index in [1.54, 1.807) is 23.1 Å². The fourth-order valence-electron chi connectivity index (χ4n) is 3.68. The zero-order valence-corrected chi connectivity index (χ0v) is 20.0. The van der Waals surface area contributed by atoms with Crippen molar-refractivity contribution in [1.82, 2.24) is 9.62 Å². The van der Waals surface area contributed by atoms with Gasteiger partial charge in [-0.15, -0.1) is 0 Å². The van der Waals surface area contributed by atoms with Gasteiger partial charge < -0.3 is 4.90 Å². The minimum atomic E-state index is -3.84. The lowest BCUT2D eigenvalue weighted by Crippen LogP contribution is -2.59. The molecule has 0 aliphatic carbocycles. The summed E-state index contributed by atoms with van der Waals surface area (Å²) in [5.41, 5.74) is 1.90. The van der Waals surface area contributed by atoms with Crippen LogP contribution < -0.4 is 4.72 Å². The molecule has 29 heavy (non-hydrogen) atoms. The van der Waals surface area contributed by atoms with Gasteiger partial charge in [0.05, 0.1) is 9.64 Å². The van der Waals surface area contributed by atoms with E-state index in [1.165, 1.54) is 0 Å². The average molecular weight is 443 g/mol. The van der Waals surface area contributed by atoms with Gasteiger partial charge in [-0.2, -0.15) is 4.72 Å². The van der Waals surface area contributed by atoms with E-state index in [2.05, 4.69) is 4.72 Å². The summed E-state index contributed by atoms with van der Waals surface area (Å²) in [6.45, 7) is 12.2. The van der Waals surface area contributed by atoms with Gasteiger partial charge in [-0.1, -0.05) is 33.8 Å². The van der Waals surface area contributed by atoms with Crippen molar-refractivity contribution in [3.8, 4) is 0 Å². The van der Waals surface area contributed by atoms with Crippen molar-refractivity contribution in [3.63, 3.8) is 0 Å². The first-order valence-corrected chi connectivity index (χ1v) is 13.0. The average Bonchev–Trinajstić information content (AvgIpc) is 2.68. The Morgan fingerprint density at radius 2 is 1.83 bits per heavy atom. The lowest BCUT2D eigenvalue weighted by molar-refractivity contribution is -0.134. The molecule has 1 saturated heterocycles. The summed E-state index contributed by atoms with van der Waals surface area (Å²) in [6, 6.07) is 4.10. The van der Waals surface area contributed by atoms with E-state index in [4.69, 9.17) is 0 Å². The second-order valence-electron chi connectivity index (χ2n) is 8.29. The lowest BCUT2D eigenvalue weighted by Gasteiger charge is -2.42. The lowest BCUT2D eigenvalue weighted by atomic mass is 9.99. The van der Waals surface area contributed by atoms with E-state index >= 15 is 0 Å². The molecule has 1 heterocycles. The van der Waals surface area contributed by atoms with Crippen LogP contribution in [0.5, 0.6) is 0 Å². The highest BCUT2D eigenvalue weighted by molar-refractivity contribution is 7.89. The number of nitrogens with one attached hydrogen (secondary N) is 1. The van der Waals surface area contributed by atoms with Crippen LogP contribution in [0.1, 0.15) is 51.7 Å². The molecule has 1 aromatic carbocycles. The van der Waals surface area contributed by atoms with Crippen molar-refractivity contribution in [2.24, 2.45) is 5.92 Å². The molecule has 0 radical (unpaired) electrons. The molecule has 164 valence electrons. The van der Waals surface area contributed by atoms with Crippen LogP contribution in [0, 0.1) is 19.8 Å². The van der Waals surface area contributed by atoms with Crippen molar-refractivity contribution in [1.29, 1.82) is 0 Å². The van der Waals surface area contributed by atoms with Crippen molar-refractivity contribution in [2.45, 2.75) is 70.1 Å². The highest BCUT2D eigenvalue weighted by Crippen LogP contribution is 2.29. The van der Waals surface area contributed by atoms with Gasteiger partial charge in [0.1, 0.15) is 6.04 Å².